The van der Waals surface area contributed by atoms with E-state index in [4.69, 9.17) is 5.73 Å². The van der Waals surface area contributed by atoms with Gasteiger partial charge in [-0.3, -0.25) is 9.69 Å². The highest BCUT2D eigenvalue weighted by Gasteiger charge is 2.26. The Bertz CT molecular complexity index is 852. The molecule has 0 radical (unpaired) electrons. The van der Waals surface area contributed by atoms with Crippen LogP contribution in [0, 0.1) is 13.8 Å². The molecule has 1 fully saturated rings. The lowest BCUT2D eigenvalue weighted by atomic mass is 9.91. The summed E-state index contributed by atoms with van der Waals surface area (Å²) in [5, 5.41) is 0. The molecule has 0 spiro atoms. The van der Waals surface area contributed by atoms with Crippen LogP contribution in [0.3, 0.4) is 0 Å². The van der Waals surface area contributed by atoms with Gasteiger partial charge in [0.2, 0.25) is 5.91 Å². The molecule has 0 bridgehead atoms. The van der Waals surface area contributed by atoms with E-state index in [0.29, 0.717) is 5.56 Å². The Labute approximate surface area is 156 Å². The van der Waals surface area contributed by atoms with Crippen LogP contribution < -0.4 is 5.73 Å². The molecule has 1 heterocycles. The smallest absolute Gasteiger partial charge is 0.248 e. The molecule has 1 aliphatic carbocycles. The number of nitrogens with zero attached hydrogens (tertiary/aromatic N) is 1. The summed E-state index contributed by atoms with van der Waals surface area (Å²) in [5.41, 5.74) is 13.7. The first-order valence-corrected chi connectivity index (χ1v) is 9.81. The van der Waals surface area contributed by atoms with Crippen LogP contribution in [0.25, 0.3) is 11.1 Å². The zero-order chi connectivity index (χ0) is 18.3. The predicted octanol–water partition coefficient (Wildman–Crippen LogP) is 4.02. The molecule has 3 nitrogen and oxygen atoms in total. The molecule has 2 aromatic carbocycles. The molecule has 26 heavy (non-hydrogen) atoms. The molecule has 0 saturated heterocycles. The van der Waals surface area contributed by atoms with Crippen LogP contribution in [-0.2, 0) is 12.8 Å². The van der Waals surface area contributed by atoms with E-state index in [1.54, 1.807) is 0 Å². The van der Waals surface area contributed by atoms with Gasteiger partial charge in [0.05, 0.1) is 0 Å². The van der Waals surface area contributed by atoms with Gasteiger partial charge in [0.15, 0.2) is 0 Å². The quantitative estimate of drug-likeness (QED) is 0.910. The second kappa shape index (κ2) is 6.88. The van der Waals surface area contributed by atoms with E-state index in [2.05, 4.69) is 30.0 Å². The van der Waals surface area contributed by atoms with Gasteiger partial charge in [-0.1, -0.05) is 30.7 Å². The second-order valence-electron chi connectivity index (χ2n) is 7.88. The molecule has 2 N–H and O–H groups in total. The van der Waals surface area contributed by atoms with E-state index in [1.165, 1.54) is 54.6 Å². The SMILES string of the molecule is Cc1c(C(N)=O)ccc(-c2ccc3c(c2)CCN(C2CCC2)CC3)c1C. The molecule has 2 aliphatic rings. The van der Waals surface area contributed by atoms with Gasteiger partial charge in [-0.15, -0.1) is 0 Å². The molecule has 0 aromatic heterocycles. The van der Waals surface area contributed by atoms with Crippen molar-refractivity contribution in [3.63, 3.8) is 0 Å². The van der Waals surface area contributed by atoms with Gasteiger partial charge >= 0.3 is 0 Å². The highest BCUT2D eigenvalue weighted by Crippen LogP contribution is 2.32. The third-order valence-corrected chi connectivity index (χ3v) is 6.50. The zero-order valence-electron chi connectivity index (χ0n) is 15.8. The van der Waals surface area contributed by atoms with Crippen LogP contribution in [0.15, 0.2) is 30.3 Å². The lowest BCUT2D eigenvalue weighted by molar-refractivity contribution is 0.0999. The molecule has 4 rings (SSSR count). The second-order valence-corrected chi connectivity index (χ2v) is 7.88. The first kappa shape index (κ1) is 17.3. The van der Waals surface area contributed by atoms with E-state index in [0.717, 1.165) is 30.0 Å². The number of carbonyl (C=O) groups excluding carboxylic acids is 1. The van der Waals surface area contributed by atoms with Gasteiger partial charge in [0.25, 0.3) is 0 Å². The maximum absolute atomic E-state index is 11.6. The van der Waals surface area contributed by atoms with Crippen molar-refractivity contribution in [2.45, 2.75) is 52.0 Å². The Morgan fingerprint density at radius 3 is 2.38 bits per heavy atom. The number of primary amides is 1. The van der Waals surface area contributed by atoms with Crippen molar-refractivity contribution in [1.82, 2.24) is 4.90 Å². The van der Waals surface area contributed by atoms with Crippen molar-refractivity contribution in [3.8, 4) is 11.1 Å². The number of fused-ring (bicyclic) bond motifs is 1. The van der Waals surface area contributed by atoms with Gasteiger partial charge in [-0.05, 0) is 79.0 Å². The average molecular weight is 348 g/mol. The number of carbonyl (C=O) groups is 1. The highest BCUT2D eigenvalue weighted by molar-refractivity contribution is 5.95. The molecule has 1 amide bonds. The normalized spacial score (nSPS) is 18.1. The van der Waals surface area contributed by atoms with Crippen LogP contribution in [0.5, 0.6) is 0 Å². The van der Waals surface area contributed by atoms with Crippen LogP contribution in [0.2, 0.25) is 0 Å². The maximum atomic E-state index is 11.6. The summed E-state index contributed by atoms with van der Waals surface area (Å²) in [4.78, 5) is 14.3. The Morgan fingerprint density at radius 2 is 1.73 bits per heavy atom. The summed E-state index contributed by atoms with van der Waals surface area (Å²) in [6, 6.07) is 11.7. The van der Waals surface area contributed by atoms with Gasteiger partial charge < -0.3 is 5.73 Å². The number of rotatable bonds is 3. The maximum Gasteiger partial charge on any atom is 0.248 e. The average Bonchev–Trinajstić information content (AvgIpc) is 2.78. The molecule has 0 atom stereocenters. The fourth-order valence-electron chi connectivity index (χ4n) is 4.43. The largest absolute Gasteiger partial charge is 0.366 e. The van der Waals surface area contributed by atoms with Crippen molar-refractivity contribution in [1.29, 1.82) is 0 Å². The first-order chi connectivity index (χ1) is 12.5. The van der Waals surface area contributed by atoms with Crippen molar-refractivity contribution < 1.29 is 4.79 Å². The molecule has 1 saturated carbocycles. The molecule has 0 unspecified atom stereocenters. The summed E-state index contributed by atoms with van der Waals surface area (Å²) >= 11 is 0. The monoisotopic (exact) mass is 348 g/mol. The highest BCUT2D eigenvalue weighted by atomic mass is 16.1. The number of hydrogen-bond acceptors (Lipinski definition) is 2. The van der Waals surface area contributed by atoms with E-state index < -0.39 is 0 Å². The minimum Gasteiger partial charge on any atom is -0.366 e. The molecule has 2 aromatic rings. The van der Waals surface area contributed by atoms with Crippen LogP contribution >= 0.6 is 0 Å². The van der Waals surface area contributed by atoms with E-state index in [9.17, 15) is 4.79 Å². The lowest BCUT2D eigenvalue weighted by Gasteiger charge is -2.36. The van der Waals surface area contributed by atoms with Gasteiger partial charge in [-0.2, -0.15) is 0 Å². The fraction of sp³-hybridized carbons (Fsp3) is 0.435. The third-order valence-electron chi connectivity index (χ3n) is 6.50. The molecule has 1 aliphatic heterocycles. The number of hydrogen-bond donors (Lipinski definition) is 1. The van der Waals surface area contributed by atoms with Crippen LogP contribution in [0.1, 0.15) is 51.9 Å². The van der Waals surface area contributed by atoms with Gasteiger partial charge in [0.1, 0.15) is 0 Å². The summed E-state index contributed by atoms with van der Waals surface area (Å²) < 4.78 is 0. The summed E-state index contributed by atoms with van der Waals surface area (Å²) in [6.45, 7) is 6.45. The zero-order valence-corrected chi connectivity index (χ0v) is 15.8. The summed E-state index contributed by atoms with van der Waals surface area (Å²) in [5.74, 6) is -0.352. The van der Waals surface area contributed by atoms with E-state index in [1.807, 2.05) is 19.1 Å². The van der Waals surface area contributed by atoms with Crippen molar-refractivity contribution in [2.75, 3.05) is 13.1 Å². The van der Waals surface area contributed by atoms with Crippen LogP contribution in [-0.4, -0.2) is 29.9 Å². The number of nitrogens with two attached hydrogens (primary N) is 1. The minimum atomic E-state index is -0.352. The minimum absolute atomic E-state index is 0.352. The lowest BCUT2D eigenvalue weighted by Crippen LogP contribution is -2.41. The standard InChI is InChI=1S/C23H28N2O/c1-15-16(2)22(23(24)26)9-8-21(15)19-7-6-17-10-12-25(20-4-3-5-20)13-11-18(17)14-19/h6-9,14,20H,3-5,10-13H2,1-2H3,(H2,24,26). The first-order valence-electron chi connectivity index (χ1n) is 9.81. The van der Waals surface area contributed by atoms with Gasteiger partial charge in [0, 0.05) is 24.7 Å². The third kappa shape index (κ3) is 3.05. The summed E-state index contributed by atoms with van der Waals surface area (Å²) in [7, 11) is 0. The fourth-order valence-corrected chi connectivity index (χ4v) is 4.43. The number of benzene rings is 2. The number of amides is 1. The molecule has 3 heteroatoms. The Hall–Kier alpha value is -2.13. The van der Waals surface area contributed by atoms with Crippen LogP contribution in [0.4, 0.5) is 0 Å². The summed E-state index contributed by atoms with van der Waals surface area (Å²) in [6.07, 6.45) is 6.46. The molecular weight excluding hydrogens is 320 g/mol. The Balaban J connectivity index is 1.63. The topological polar surface area (TPSA) is 46.3 Å². The Kier molecular flexibility index (Phi) is 4.58. The molecular formula is C23H28N2O. The van der Waals surface area contributed by atoms with E-state index in [-0.39, 0.29) is 5.91 Å². The Morgan fingerprint density at radius 1 is 1.00 bits per heavy atom. The molecule has 136 valence electrons. The van der Waals surface area contributed by atoms with Crippen molar-refractivity contribution in [2.24, 2.45) is 5.73 Å². The van der Waals surface area contributed by atoms with Crippen molar-refractivity contribution >= 4 is 5.91 Å². The van der Waals surface area contributed by atoms with E-state index >= 15 is 0 Å². The predicted molar refractivity (Wildman–Crippen MR) is 106 cm³/mol. The van der Waals surface area contributed by atoms with Gasteiger partial charge in [-0.25, -0.2) is 0 Å². The van der Waals surface area contributed by atoms with Crippen molar-refractivity contribution in [3.05, 3.63) is 58.1 Å².